The number of unbranched alkanes of at least 4 members (excludes halogenated alkanes) is 5. The predicted octanol–water partition coefficient (Wildman–Crippen LogP) is 5.95. The van der Waals surface area contributed by atoms with E-state index in [1.165, 1.54) is 12.8 Å². The highest BCUT2D eigenvalue weighted by Gasteiger charge is 2.19. The van der Waals surface area contributed by atoms with Gasteiger partial charge in [0.25, 0.3) is 5.56 Å². The van der Waals surface area contributed by atoms with Crippen LogP contribution in [0.2, 0.25) is 0 Å². The molecule has 29 heavy (non-hydrogen) atoms. The number of fused-ring (bicyclic) bond motifs is 1. The zero-order valence-corrected chi connectivity index (χ0v) is 18.6. The van der Waals surface area contributed by atoms with Gasteiger partial charge in [-0.1, -0.05) is 52.9 Å². The van der Waals surface area contributed by atoms with Crippen LogP contribution in [0, 0.1) is 0 Å². The molecule has 0 aliphatic rings. The molecule has 2 aromatic rings. The summed E-state index contributed by atoms with van der Waals surface area (Å²) in [6.07, 6.45) is 8.42. The van der Waals surface area contributed by atoms with Crippen molar-refractivity contribution in [1.82, 2.24) is 4.57 Å². The average Bonchev–Trinajstić information content (AvgIpc) is 2.73. The minimum absolute atomic E-state index is 0.118. The van der Waals surface area contributed by atoms with Crippen LogP contribution in [0.1, 0.15) is 72.1 Å². The second-order valence-corrected chi connectivity index (χ2v) is 7.46. The van der Waals surface area contributed by atoms with E-state index in [1.807, 2.05) is 22.8 Å². The number of pyridine rings is 1. The molecule has 162 valence electrons. The molecule has 0 amide bonds. The third-order valence-corrected chi connectivity index (χ3v) is 5.10. The van der Waals surface area contributed by atoms with Crippen molar-refractivity contribution in [2.45, 2.75) is 78.7 Å². The smallest absolute Gasteiger partial charge is 0.297 e. The number of ether oxygens (including phenoxy) is 3. The van der Waals surface area contributed by atoms with Crippen LogP contribution in [-0.4, -0.2) is 24.9 Å². The summed E-state index contributed by atoms with van der Waals surface area (Å²) in [4.78, 5) is 13.3. The SMILES string of the molecule is CCCCCCn1c(=O)c(OCCCC)c(OC)c2ccc(OCCCC)cc21. The van der Waals surface area contributed by atoms with E-state index in [4.69, 9.17) is 14.2 Å². The predicted molar refractivity (Wildman–Crippen MR) is 120 cm³/mol. The van der Waals surface area contributed by atoms with Crippen molar-refractivity contribution in [3.05, 3.63) is 28.6 Å². The molecule has 1 heterocycles. The summed E-state index contributed by atoms with van der Waals surface area (Å²) >= 11 is 0. The van der Waals surface area contributed by atoms with Gasteiger partial charge in [-0.25, -0.2) is 0 Å². The maximum atomic E-state index is 13.3. The van der Waals surface area contributed by atoms with Crippen molar-refractivity contribution in [1.29, 1.82) is 0 Å². The van der Waals surface area contributed by atoms with Gasteiger partial charge in [-0.3, -0.25) is 4.79 Å². The molecular weight excluding hydrogens is 366 g/mol. The summed E-state index contributed by atoms with van der Waals surface area (Å²) in [7, 11) is 1.60. The number of aryl methyl sites for hydroxylation is 1. The molecule has 5 heteroatoms. The molecule has 1 aromatic carbocycles. The largest absolute Gasteiger partial charge is 0.494 e. The Balaban J connectivity index is 2.49. The molecule has 0 radical (unpaired) electrons. The Labute approximate surface area is 175 Å². The van der Waals surface area contributed by atoms with Crippen molar-refractivity contribution < 1.29 is 14.2 Å². The fraction of sp³-hybridized carbons (Fsp3) is 0.625. The molecule has 0 fully saturated rings. The van der Waals surface area contributed by atoms with Crippen LogP contribution in [0.4, 0.5) is 0 Å². The van der Waals surface area contributed by atoms with E-state index in [2.05, 4.69) is 20.8 Å². The number of rotatable bonds is 14. The average molecular weight is 404 g/mol. The number of hydrogen-bond donors (Lipinski definition) is 0. The minimum Gasteiger partial charge on any atom is -0.494 e. The van der Waals surface area contributed by atoms with Gasteiger partial charge < -0.3 is 18.8 Å². The molecule has 0 saturated heterocycles. The molecule has 0 spiro atoms. The first-order valence-electron chi connectivity index (χ1n) is 11.2. The van der Waals surface area contributed by atoms with Gasteiger partial charge in [0, 0.05) is 18.0 Å². The molecule has 0 N–H and O–H groups in total. The van der Waals surface area contributed by atoms with Crippen LogP contribution in [0.3, 0.4) is 0 Å². The number of benzene rings is 1. The molecule has 1 aromatic heterocycles. The maximum Gasteiger partial charge on any atom is 0.297 e. The van der Waals surface area contributed by atoms with E-state index in [1.54, 1.807) is 7.11 Å². The zero-order valence-electron chi connectivity index (χ0n) is 18.6. The Hall–Kier alpha value is -2.17. The van der Waals surface area contributed by atoms with E-state index in [-0.39, 0.29) is 5.56 Å². The van der Waals surface area contributed by atoms with E-state index >= 15 is 0 Å². The van der Waals surface area contributed by atoms with E-state index in [9.17, 15) is 4.79 Å². The van der Waals surface area contributed by atoms with Crippen LogP contribution in [0.15, 0.2) is 23.0 Å². The summed E-state index contributed by atoms with van der Waals surface area (Å²) in [6.45, 7) is 8.30. The normalized spacial score (nSPS) is 11.0. The Morgan fingerprint density at radius 3 is 2.17 bits per heavy atom. The summed E-state index contributed by atoms with van der Waals surface area (Å²) in [5.41, 5.74) is 0.729. The van der Waals surface area contributed by atoms with Crippen molar-refractivity contribution in [2.24, 2.45) is 0 Å². The fourth-order valence-corrected chi connectivity index (χ4v) is 3.37. The zero-order chi connectivity index (χ0) is 21.1. The molecule has 0 atom stereocenters. The number of aromatic nitrogens is 1. The highest BCUT2D eigenvalue weighted by atomic mass is 16.5. The molecule has 0 aliphatic heterocycles. The summed E-state index contributed by atoms with van der Waals surface area (Å²) in [5, 5.41) is 0.886. The van der Waals surface area contributed by atoms with Crippen LogP contribution in [0.25, 0.3) is 10.9 Å². The number of methoxy groups -OCH3 is 1. The van der Waals surface area contributed by atoms with Gasteiger partial charge in [-0.05, 0) is 31.4 Å². The first-order chi connectivity index (χ1) is 14.2. The maximum absolute atomic E-state index is 13.3. The third kappa shape index (κ3) is 6.15. The first kappa shape index (κ1) is 23.1. The van der Waals surface area contributed by atoms with Gasteiger partial charge >= 0.3 is 0 Å². The van der Waals surface area contributed by atoms with Crippen LogP contribution in [-0.2, 0) is 6.54 Å². The second-order valence-electron chi connectivity index (χ2n) is 7.46. The highest BCUT2D eigenvalue weighted by Crippen LogP contribution is 2.34. The summed E-state index contributed by atoms with van der Waals surface area (Å²) in [6, 6.07) is 5.89. The molecule has 0 saturated carbocycles. The van der Waals surface area contributed by atoms with Gasteiger partial charge in [0.1, 0.15) is 5.75 Å². The first-order valence-corrected chi connectivity index (χ1v) is 11.2. The molecule has 2 rings (SSSR count). The fourth-order valence-electron chi connectivity index (χ4n) is 3.37. The molecular formula is C24H37NO4. The number of hydrogen-bond acceptors (Lipinski definition) is 4. The molecule has 5 nitrogen and oxygen atoms in total. The Bertz CT molecular complexity index is 813. The molecule has 0 aliphatic carbocycles. The highest BCUT2D eigenvalue weighted by molar-refractivity contribution is 5.89. The van der Waals surface area contributed by atoms with Gasteiger partial charge in [0.05, 0.1) is 25.8 Å². The minimum atomic E-state index is -0.118. The van der Waals surface area contributed by atoms with E-state index < -0.39 is 0 Å². The summed E-state index contributed by atoms with van der Waals surface area (Å²) in [5.74, 6) is 1.63. The lowest BCUT2D eigenvalue weighted by molar-refractivity contribution is 0.283. The van der Waals surface area contributed by atoms with Gasteiger partial charge in [0.2, 0.25) is 5.75 Å². The lowest BCUT2D eigenvalue weighted by atomic mass is 10.1. The van der Waals surface area contributed by atoms with Gasteiger partial charge in [0.15, 0.2) is 5.75 Å². The Kier molecular flexibility index (Phi) is 9.89. The monoisotopic (exact) mass is 403 g/mol. The van der Waals surface area contributed by atoms with Crippen LogP contribution >= 0.6 is 0 Å². The Morgan fingerprint density at radius 1 is 0.828 bits per heavy atom. The van der Waals surface area contributed by atoms with Crippen molar-refractivity contribution in [2.75, 3.05) is 20.3 Å². The van der Waals surface area contributed by atoms with Crippen molar-refractivity contribution >= 4 is 10.9 Å². The second kappa shape index (κ2) is 12.4. The van der Waals surface area contributed by atoms with Crippen molar-refractivity contribution in [3.8, 4) is 17.2 Å². The molecule has 0 bridgehead atoms. The van der Waals surface area contributed by atoms with Crippen LogP contribution < -0.4 is 19.8 Å². The standard InChI is InChI=1S/C24H37NO4/c1-5-8-11-12-15-25-21-18-19(28-16-9-6-2)13-14-20(21)22(27-4)23(24(25)26)29-17-10-7-3/h13-14,18H,5-12,15-17H2,1-4H3. The molecule has 0 unspecified atom stereocenters. The van der Waals surface area contributed by atoms with Gasteiger partial charge in [-0.15, -0.1) is 0 Å². The van der Waals surface area contributed by atoms with E-state index in [0.29, 0.717) is 31.3 Å². The summed E-state index contributed by atoms with van der Waals surface area (Å²) < 4.78 is 19.2. The lowest BCUT2D eigenvalue weighted by Gasteiger charge is -2.18. The van der Waals surface area contributed by atoms with Crippen molar-refractivity contribution in [3.63, 3.8) is 0 Å². The quantitative estimate of drug-likeness (QED) is 0.366. The lowest BCUT2D eigenvalue weighted by Crippen LogP contribution is -2.24. The Morgan fingerprint density at radius 2 is 1.52 bits per heavy atom. The van der Waals surface area contributed by atoms with E-state index in [0.717, 1.165) is 55.2 Å². The number of nitrogens with zero attached hydrogens (tertiary/aromatic N) is 1. The van der Waals surface area contributed by atoms with Crippen LogP contribution in [0.5, 0.6) is 17.2 Å². The third-order valence-electron chi connectivity index (χ3n) is 5.10. The topological polar surface area (TPSA) is 49.7 Å². The van der Waals surface area contributed by atoms with Gasteiger partial charge in [-0.2, -0.15) is 0 Å².